The minimum absolute atomic E-state index is 0.0433. The van der Waals surface area contributed by atoms with E-state index in [1.807, 2.05) is 11.9 Å². The molecule has 0 atom stereocenters. The first kappa shape index (κ1) is 19.2. The number of carbonyl (C=O) groups excluding carboxylic acids is 1. The van der Waals surface area contributed by atoms with Crippen LogP contribution in [0.4, 0.5) is 5.82 Å². The van der Waals surface area contributed by atoms with Gasteiger partial charge >= 0.3 is 5.69 Å². The van der Waals surface area contributed by atoms with Crippen LogP contribution in [0.2, 0.25) is 5.02 Å². The number of carbonyl (C=O) groups is 1. The van der Waals surface area contributed by atoms with E-state index in [9.17, 15) is 14.4 Å². The van der Waals surface area contributed by atoms with Crippen molar-refractivity contribution in [1.82, 2.24) is 20.6 Å². The number of amides is 1. The van der Waals surface area contributed by atoms with Crippen molar-refractivity contribution in [3.63, 3.8) is 0 Å². The van der Waals surface area contributed by atoms with Gasteiger partial charge in [0.15, 0.2) is 0 Å². The van der Waals surface area contributed by atoms with Gasteiger partial charge in [0.05, 0.1) is 17.8 Å². The quantitative estimate of drug-likeness (QED) is 0.387. The number of nitrogens with zero attached hydrogens (tertiary/aromatic N) is 2. The number of anilines is 1. The highest BCUT2D eigenvalue weighted by Crippen LogP contribution is 2.24. The summed E-state index contributed by atoms with van der Waals surface area (Å²) in [4.78, 5) is 35.9. The average Bonchev–Trinajstić information content (AvgIpc) is 2.59. The Labute approximate surface area is 152 Å². The third-order valence-electron chi connectivity index (χ3n) is 3.01. The largest absolute Gasteiger partial charge is 0.492 e. The van der Waals surface area contributed by atoms with Crippen molar-refractivity contribution in [2.45, 2.75) is 13.3 Å². The molecule has 2 aromatic rings. The number of nitrogens with one attached hydrogen (secondary N) is 4. The molecular weight excluding hydrogens is 364 g/mol. The molecule has 0 aliphatic rings. The number of ether oxygens (including phenoxy) is 1. The number of halogens is 1. The highest BCUT2D eigenvalue weighted by atomic mass is 35.5. The van der Waals surface area contributed by atoms with E-state index >= 15 is 0 Å². The predicted molar refractivity (Wildman–Crippen MR) is 96.9 cm³/mol. The van der Waals surface area contributed by atoms with Gasteiger partial charge in [0, 0.05) is 13.0 Å². The Balaban J connectivity index is 1.79. The van der Waals surface area contributed by atoms with Crippen LogP contribution in [0.15, 0.2) is 32.9 Å². The van der Waals surface area contributed by atoms with Crippen LogP contribution in [0.3, 0.4) is 0 Å². The number of benzene rings is 1. The van der Waals surface area contributed by atoms with Gasteiger partial charge in [0.25, 0.3) is 5.56 Å². The summed E-state index contributed by atoms with van der Waals surface area (Å²) in [6.07, 6.45) is 1.49. The molecule has 0 unspecified atom stereocenters. The Hall–Kier alpha value is -3.14. The minimum Gasteiger partial charge on any atom is -0.492 e. The third kappa shape index (κ3) is 5.74. The van der Waals surface area contributed by atoms with Gasteiger partial charge < -0.3 is 10.1 Å². The van der Waals surface area contributed by atoms with E-state index < -0.39 is 11.2 Å². The zero-order valence-corrected chi connectivity index (χ0v) is 14.6. The lowest BCUT2D eigenvalue weighted by Crippen LogP contribution is -2.28. The van der Waals surface area contributed by atoms with E-state index in [0.717, 1.165) is 0 Å². The lowest BCUT2D eigenvalue weighted by Gasteiger charge is -2.05. The SMILES string of the molecule is CCOc1ccc(/C=N/NC(=O)CCNc2n[nH]c(=O)[nH]c2=O)cc1Cl. The first-order chi connectivity index (χ1) is 12.5. The number of aromatic amines is 2. The van der Waals surface area contributed by atoms with Gasteiger partial charge in [-0.25, -0.2) is 15.3 Å². The molecule has 1 heterocycles. The summed E-state index contributed by atoms with van der Waals surface area (Å²) < 4.78 is 5.33. The van der Waals surface area contributed by atoms with E-state index in [0.29, 0.717) is 22.9 Å². The van der Waals surface area contributed by atoms with E-state index in [4.69, 9.17) is 16.3 Å². The second-order valence-corrected chi connectivity index (χ2v) is 5.36. The van der Waals surface area contributed by atoms with Gasteiger partial charge in [-0.05, 0) is 30.7 Å². The zero-order valence-electron chi connectivity index (χ0n) is 13.8. The summed E-state index contributed by atoms with van der Waals surface area (Å²) in [6.45, 7) is 2.51. The van der Waals surface area contributed by atoms with E-state index in [2.05, 4.69) is 26.0 Å². The van der Waals surface area contributed by atoms with Crippen LogP contribution in [0, 0.1) is 0 Å². The van der Waals surface area contributed by atoms with Crippen molar-refractivity contribution in [2.75, 3.05) is 18.5 Å². The van der Waals surface area contributed by atoms with Gasteiger partial charge in [-0.1, -0.05) is 11.6 Å². The Morgan fingerprint density at radius 2 is 2.23 bits per heavy atom. The van der Waals surface area contributed by atoms with Crippen LogP contribution < -0.4 is 26.7 Å². The number of hydrogen-bond donors (Lipinski definition) is 4. The molecular formula is C15H17ClN6O4. The van der Waals surface area contributed by atoms with Crippen LogP contribution >= 0.6 is 11.6 Å². The van der Waals surface area contributed by atoms with Crippen LogP contribution in [0.5, 0.6) is 5.75 Å². The number of H-pyrrole nitrogens is 2. The smallest absolute Gasteiger partial charge is 0.342 e. The van der Waals surface area contributed by atoms with Crippen molar-refractivity contribution in [3.8, 4) is 5.75 Å². The van der Waals surface area contributed by atoms with Gasteiger partial charge in [0.2, 0.25) is 11.7 Å². The van der Waals surface area contributed by atoms with Crippen molar-refractivity contribution in [3.05, 3.63) is 49.6 Å². The lowest BCUT2D eigenvalue weighted by atomic mass is 10.2. The topological polar surface area (TPSA) is 141 Å². The Morgan fingerprint density at radius 1 is 1.42 bits per heavy atom. The van der Waals surface area contributed by atoms with E-state index in [-0.39, 0.29) is 24.7 Å². The maximum absolute atomic E-state index is 11.7. The second-order valence-electron chi connectivity index (χ2n) is 4.95. The number of hydrogen-bond acceptors (Lipinski definition) is 7. The Kier molecular flexibility index (Phi) is 6.92. The number of hydrazone groups is 1. The molecule has 0 saturated heterocycles. The molecule has 4 N–H and O–H groups in total. The van der Waals surface area contributed by atoms with Gasteiger partial charge in [-0.15, -0.1) is 5.10 Å². The molecule has 2 rings (SSSR count). The standard InChI is InChI=1S/C15H17ClN6O4/c1-2-26-11-4-3-9(7-10(11)16)8-18-20-12(23)5-6-17-13-14(24)19-15(25)22-21-13/h3-4,7-8H,2,5-6H2,1H3,(H,17,21)(H,20,23)(H2,19,22,24,25)/b18-8+. The highest BCUT2D eigenvalue weighted by Gasteiger charge is 2.04. The average molecular weight is 381 g/mol. The molecule has 0 spiro atoms. The van der Waals surface area contributed by atoms with E-state index in [1.54, 1.807) is 18.2 Å². The molecule has 0 bridgehead atoms. The van der Waals surface area contributed by atoms with Crippen LogP contribution in [-0.4, -0.2) is 40.5 Å². The summed E-state index contributed by atoms with van der Waals surface area (Å²) >= 11 is 6.06. The lowest BCUT2D eigenvalue weighted by molar-refractivity contribution is -0.120. The first-order valence-corrected chi connectivity index (χ1v) is 8.04. The van der Waals surface area contributed by atoms with Crippen LogP contribution in [-0.2, 0) is 4.79 Å². The summed E-state index contributed by atoms with van der Waals surface area (Å²) in [5, 5.41) is 12.5. The van der Waals surface area contributed by atoms with Crippen LogP contribution in [0.25, 0.3) is 0 Å². The normalized spacial score (nSPS) is 10.7. The molecule has 11 heteroatoms. The molecule has 0 saturated carbocycles. The van der Waals surface area contributed by atoms with Gasteiger partial charge in [0.1, 0.15) is 5.75 Å². The molecule has 0 aliphatic heterocycles. The molecule has 26 heavy (non-hydrogen) atoms. The fraction of sp³-hybridized carbons (Fsp3) is 0.267. The fourth-order valence-corrected chi connectivity index (χ4v) is 2.11. The molecule has 0 aliphatic carbocycles. The minimum atomic E-state index is -0.706. The first-order valence-electron chi connectivity index (χ1n) is 7.66. The van der Waals surface area contributed by atoms with Crippen LogP contribution in [0.1, 0.15) is 18.9 Å². The molecule has 10 nitrogen and oxygen atoms in total. The van der Waals surface area contributed by atoms with E-state index in [1.165, 1.54) is 6.21 Å². The summed E-state index contributed by atoms with van der Waals surface area (Å²) in [5.74, 6) is 0.129. The third-order valence-corrected chi connectivity index (χ3v) is 3.31. The van der Waals surface area contributed by atoms with Gasteiger partial charge in [-0.2, -0.15) is 5.10 Å². The van der Waals surface area contributed by atoms with Crippen molar-refractivity contribution in [2.24, 2.45) is 5.10 Å². The summed E-state index contributed by atoms with van der Waals surface area (Å²) in [7, 11) is 0. The number of rotatable bonds is 8. The highest BCUT2D eigenvalue weighted by molar-refractivity contribution is 6.32. The molecule has 0 fully saturated rings. The summed E-state index contributed by atoms with van der Waals surface area (Å²) in [5.41, 5.74) is 1.67. The van der Waals surface area contributed by atoms with Gasteiger partial charge in [-0.3, -0.25) is 14.6 Å². The predicted octanol–water partition coefficient (Wildman–Crippen LogP) is 0.463. The fourth-order valence-electron chi connectivity index (χ4n) is 1.87. The van der Waals surface area contributed by atoms with Crippen molar-refractivity contribution in [1.29, 1.82) is 0 Å². The van der Waals surface area contributed by atoms with Crippen molar-refractivity contribution < 1.29 is 9.53 Å². The Morgan fingerprint density at radius 3 is 2.92 bits per heavy atom. The Bertz CT molecular complexity index is 907. The second kappa shape index (κ2) is 9.37. The molecule has 138 valence electrons. The zero-order chi connectivity index (χ0) is 18.9. The summed E-state index contributed by atoms with van der Waals surface area (Å²) in [6, 6.07) is 5.13. The number of aromatic nitrogens is 3. The molecule has 1 aromatic carbocycles. The molecule has 1 amide bonds. The monoisotopic (exact) mass is 380 g/mol. The maximum Gasteiger partial charge on any atom is 0.342 e. The molecule has 1 aromatic heterocycles. The maximum atomic E-state index is 11.7. The molecule has 0 radical (unpaired) electrons. The van der Waals surface area contributed by atoms with Crippen molar-refractivity contribution >= 4 is 29.5 Å².